The molecule has 1 N–H and O–H groups in total. The van der Waals surface area contributed by atoms with Crippen LogP contribution in [0.5, 0.6) is 5.75 Å². The Bertz CT molecular complexity index is 1020. The van der Waals surface area contributed by atoms with Gasteiger partial charge in [0.2, 0.25) is 0 Å². The first-order chi connectivity index (χ1) is 13.6. The minimum Gasteiger partial charge on any atom is -0.495 e. The minimum atomic E-state index is 0.00714. The largest absolute Gasteiger partial charge is 0.495 e. The molecule has 4 rings (SSSR count). The van der Waals surface area contributed by atoms with Crippen molar-refractivity contribution in [1.29, 1.82) is 0 Å². The molecule has 0 bridgehead atoms. The summed E-state index contributed by atoms with van der Waals surface area (Å²) in [7, 11) is 1.57. The second-order valence-electron chi connectivity index (χ2n) is 6.65. The van der Waals surface area contributed by atoms with Crippen LogP contribution in [0.4, 0.5) is 11.5 Å². The Morgan fingerprint density at radius 3 is 2.75 bits per heavy atom. The van der Waals surface area contributed by atoms with E-state index in [9.17, 15) is 4.79 Å². The van der Waals surface area contributed by atoms with Gasteiger partial charge in [-0.15, -0.1) is 0 Å². The van der Waals surface area contributed by atoms with Crippen LogP contribution < -0.4 is 10.1 Å². The molecule has 0 saturated carbocycles. The van der Waals surface area contributed by atoms with Gasteiger partial charge in [-0.05, 0) is 47.9 Å². The van der Waals surface area contributed by atoms with Crippen LogP contribution in [0.15, 0.2) is 60.8 Å². The summed E-state index contributed by atoms with van der Waals surface area (Å²) in [6.07, 6.45) is 2.51. The number of aromatic nitrogens is 1. The maximum atomic E-state index is 13.0. The number of halogens is 1. The highest BCUT2D eigenvalue weighted by Gasteiger charge is 2.21. The molecule has 0 radical (unpaired) electrons. The fourth-order valence-electron chi connectivity index (χ4n) is 3.38. The third-order valence-electron chi connectivity index (χ3n) is 4.85. The summed E-state index contributed by atoms with van der Waals surface area (Å²) in [6.45, 7) is 1.35. The third kappa shape index (κ3) is 3.80. The Kier molecular flexibility index (Phi) is 5.17. The zero-order chi connectivity index (χ0) is 19.5. The van der Waals surface area contributed by atoms with E-state index < -0.39 is 0 Å². The predicted octanol–water partition coefficient (Wildman–Crippen LogP) is 4.69. The highest BCUT2D eigenvalue weighted by molar-refractivity contribution is 6.32. The summed E-state index contributed by atoms with van der Waals surface area (Å²) in [5, 5.41) is 3.69. The molecular formula is C22H20ClN3O2. The number of carbonyl (C=O) groups is 1. The number of anilines is 2. The molecule has 2 aromatic carbocycles. The molecule has 1 aliphatic heterocycles. The van der Waals surface area contributed by atoms with Gasteiger partial charge in [0.25, 0.3) is 5.91 Å². The second kappa shape index (κ2) is 7.90. The smallest absolute Gasteiger partial charge is 0.254 e. The Morgan fingerprint density at radius 2 is 1.96 bits per heavy atom. The number of rotatable bonds is 4. The molecule has 142 valence electrons. The molecule has 1 aliphatic rings. The summed E-state index contributed by atoms with van der Waals surface area (Å²) in [5.74, 6) is 1.20. The molecule has 2 heterocycles. The van der Waals surface area contributed by atoms with E-state index in [1.807, 2.05) is 23.1 Å². The molecule has 0 atom stereocenters. The van der Waals surface area contributed by atoms with Crippen molar-refractivity contribution in [2.45, 2.75) is 13.0 Å². The van der Waals surface area contributed by atoms with Crippen molar-refractivity contribution in [3.05, 3.63) is 82.5 Å². The molecule has 0 saturated heterocycles. The summed E-state index contributed by atoms with van der Waals surface area (Å²) in [6, 6.07) is 17.2. The quantitative estimate of drug-likeness (QED) is 0.698. The van der Waals surface area contributed by atoms with Gasteiger partial charge in [0, 0.05) is 30.5 Å². The number of hydrogen-bond donors (Lipinski definition) is 1. The number of carbonyl (C=O) groups excluding carboxylic acids is 1. The average molecular weight is 394 g/mol. The lowest BCUT2D eigenvalue weighted by Gasteiger charge is -2.29. The number of pyridine rings is 1. The van der Waals surface area contributed by atoms with Gasteiger partial charge in [-0.3, -0.25) is 4.79 Å². The Morgan fingerprint density at radius 1 is 1.14 bits per heavy atom. The van der Waals surface area contributed by atoms with Gasteiger partial charge in [-0.1, -0.05) is 35.9 Å². The van der Waals surface area contributed by atoms with E-state index in [1.165, 1.54) is 11.1 Å². The summed E-state index contributed by atoms with van der Waals surface area (Å²) >= 11 is 6.17. The van der Waals surface area contributed by atoms with Crippen molar-refractivity contribution in [3.8, 4) is 5.75 Å². The molecule has 3 aromatic rings. The van der Waals surface area contributed by atoms with E-state index in [-0.39, 0.29) is 5.91 Å². The standard InChI is InChI=1S/C22H20ClN3O2/c1-28-20-7-6-18(13-19(20)23)25-21-12-16(8-10-24-21)22(27)26-11-9-15-4-2-3-5-17(15)14-26/h2-8,10,12-13H,9,11,14H2,1H3,(H,24,25). The number of amides is 1. The van der Waals surface area contributed by atoms with Gasteiger partial charge in [-0.25, -0.2) is 4.98 Å². The summed E-state index contributed by atoms with van der Waals surface area (Å²) in [4.78, 5) is 19.2. The van der Waals surface area contributed by atoms with Crippen LogP contribution in [-0.4, -0.2) is 29.4 Å². The monoisotopic (exact) mass is 393 g/mol. The van der Waals surface area contributed by atoms with Crippen molar-refractivity contribution in [1.82, 2.24) is 9.88 Å². The molecule has 6 heteroatoms. The van der Waals surface area contributed by atoms with E-state index in [0.29, 0.717) is 28.7 Å². The summed E-state index contributed by atoms with van der Waals surface area (Å²) < 4.78 is 5.17. The third-order valence-corrected chi connectivity index (χ3v) is 5.14. The van der Waals surface area contributed by atoms with Crippen LogP contribution in [-0.2, 0) is 13.0 Å². The van der Waals surface area contributed by atoms with Crippen molar-refractivity contribution in [2.75, 3.05) is 19.0 Å². The fourth-order valence-corrected chi connectivity index (χ4v) is 3.63. The zero-order valence-electron chi connectivity index (χ0n) is 15.5. The lowest BCUT2D eigenvalue weighted by Crippen LogP contribution is -2.35. The number of nitrogens with zero attached hydrogens (tertiary/aromatic N) is 2. The van der Waals surface area contributed by atoms with Crippen LogP contribution in [0.1, 0.15) is 21.5 Å². The first-order valence-corrected chi connectivity index (χ1v) is 9.44. The molecule has 0 aliphatic carbocycles. The molecule has 0 spiro atoms. The minimum absolute atomic E-state index is 0.00714. The van der Waals surface area contributed by atoms with E-state index in [2.05, 4.69) is 22.4 Å². The van der Waals surface area contributed by atoms with Crippen LogP contribution in [0, 0.1) is 0 Å². The van der Waals surface area contributed by atoms with E-state index in [4.69, 9.17) is 16.3 Å². The van der Waals surface area contributed by atoms with Gasteiger partial charge in [-0.2, -0.15) is 0 Å². The molecule has 0 fully saturated rings. The number of methoxy groups -OCH3 is 1. The number of hydrogen-bond acceptors (Lipinski definition) is 4. The zero-order valence-corrected chi connectivity index (χ0v) is 16.2. The van der Waals surface area contributed by atoms with Crippen molar-refractivity contribution < 1.29 is 9.53 Å². The number of ether oxygens (including phenoxy) is 1. The van der Waals surface area contributed by atoms with E-state index in [1.54, 1.807) is 37.6 Å². The average Bonchev–Trinajstić information content (AvgIpc) is 2.73. The molecule has 28 heavy (non-hydrogen) atoms. The van der Waals surface area contributed by atoms with E-state index in [0.717, 1.165) is 18.7 Å². The van der Waals surface area contributed by atoms with Crippen molar-refractivity contribution in [3.63, 3.8) is 0 Å². The maximum absolute atomic E-state index is 13.0. The maximum Gasteiger partial charge on any atom is 0.254 e. The number of fused-ring (bicyclic) bond motifs is 1. The summed E-state index contributed by atoms with van der Waals surface area (Å²) in [5.41, 5.74) is 3.91. The second-order valence-corrected chi connectivity index (χ2v) is 7.06. The lowest BCUT2D eigenvalue weighted by molar-refractivity contribution is 0.0734. The SMILES string of the molecule is COc1ccc(Nc2cc(C(=O)N3CCc4ccccc4C3)ccn2)cc1Cl. The first-order valence-electron chi connectivity index (χ1n) is 9.07. The van der Waals surface area contributed by atoms with E-state index >= 15 is 0 Å². The number of nitrogens with one attached hydrogen (secondary N) is 1. The highest BCUT2D eigenvalue weighted by Crippen LogP contribution is 2.29. The van der Waals surface area contributed by atoms with Crippen LogP contribution in [0.3, 0.4) is 0 Å². The molecule has 1 aromatic heterocycles. The Balaban J connectivity index is 1.51. The topological polar surface area (TPSA) is 54.5 Å². The predicted molar refractivity (Wildman–Crippen MR) is 110 cm³/mol. The molecule has 1 amide bonds. The fraction of sp³-hybridized carbons (Fsp3) is 0.182. The Hall–Kier alpha value is -3.05. The van der Waals surface area contributed by atoms with Crippen LogP contribution >= 0.6 is 11.6 Å². The van der Waals surface area contributed by atoms with Gasteiger partial charge < -0.3 is 15.0 Å². The van der Waals surface area contributed by atoms with Crippen molar-refractivity contribution >= 4 is 29.0 Å². The van der Waals surface area contributed by atoms with Gasteiger partial charge >= 0.3 is 0 Å². The molecule has 0 unspecified atom stereocenters. The molecular weight excluding hydrogens is 374 g/mol. The van der Waals surface area contributed by atoms with Crippen molar-refractivity contribution in [2.24, 2.45) is 0 Å². The highest BCUT2D eigenvalue weighted by atomic mass is 35.5. The van der Waals surface area contributed by atoms with Gasteiger partial charge in [0.15, 0.2) is 0 Å². The Labute approximate surface area is 168 Å². The van der Waals surface area contributed by atoms with Crippen LogP contribution in [0.2, 0.25) is 5.02 Å². The molecule has 5 nitrogen and oxygen atoms in total. The first kappa shape index (κ1) is 18.3. The number of benzene rings is 2. The van der Waals surface area contributed by atoms with Gasteiger partial charge in [0.05, 0.1) is 12.1 Å². The van der Waals surface area contributed by atoms with Gasteiger partial charge in [0.1, 0.15) is 11.6 Å². The normalized spacial score (nSPS) is 13.0. The van der Waals surface area contributed by atoms with Crippen LogP contribution in [0.25, 0.3) is 0 Å². The lowest BCUT2D eigenvalue weighted by atomic mass is 9.99.